The molecule has 1 aliphatic heterocycles. The highest BCUT2D eigenvalue weighted by atomic mass is 16.6. The lowest BCUT2D eigenvalue weighted by molar-refractivity contribution is -0.385. The molecule has 2 rings (SSSR count). The van der Waals surface area contributed by atoms with E-state index in [1.165, 1.54) is 25.3 Å². The summed E-state index contributed by atoms with van der Waals surface area (Å²) in [5, 5.41) is 20.2. The van der Waals surface area contributed by atoms with Gasteiger partial charge in [0.1, 0.15) is 0 Å². The molecule has 1 saturated heterocycles. The molecule has 1 aromatic rings. The SMILES string of the molecule is COc1c(C(=O)N2CCC[C@@H]2CO)cccc1[N+](=O)[O-]. The molecule has 1 atom stereocenters. The number of para-hydroxylation sites is 1. The van der Waals surface area contributed by atoms with Gasteiger partial charge in [-0.3, -0.25) is 14.9 Å². The fourth-order valence-corrected chi connectivity index (χ4v) is 2.50. The van der Waals surface area contributed by atoms with Gasteiger partial charge in [-0.25, -0.2) is 0 Å². The number of hydrogen-bond acceptors (Lipinski definition) is 5. The molecule has 0 aliphatic carbocycles. The Hall–Kier alpha value is -2.15. The standard InChI is InChI=1S/C13H16N2O5/c1-20-12-10(5-2-6-11(12)15(18)19)13(17)14-7-3-4-9(14)8-16/h2,5-6,9,16H,3-4,7-8H2,1H3/t9-/m1/s1. The molecule has 1 fully saturated rings. The lowest BCUT2D eigenvalue weighted by atomic mass is 10.1. The van der Waals surface area contributed by atoms with Crippen LogP contribution < -0.4 is 4.74 Å². The molecule has 0 radical (unpaired) electrons. The van der Waals surface area contributed by atoms with Crippen LogP contribution in [0.3, 0.4) is 0 Å². The minimum Gasteiger partial charge on any atom is -0.490 e. The summed E-state index contributed by atoms with van der Waals surface area (Å²) in [4.78, 5) is 24.4. The van der Waals surface area contributed by atoms with Crippen LogP contribution >= 0.6 is 0 Å². The van der Waals surface area contributed by atoms with Crippen LogP contribution in [0.1, 0.15) is 23.2 Å². The van der Waals surface area contributed by atoms with Gasteiger partial charge in [0.05, 0.1) is 30.2 Å². The van der Waals surface area contributed by atoms with Gasteiger partial charge < -0.3 is 14.7 Å². The molecule has 20 heavy (non-hydrogen) atoms. The quantitative estimate of drug-likeness (QED) is 0.660. The number of amides is 1. The predicted octanol–water partition coefficient (Wildman–Crippen LogP) is 1.20. The van der Waals surface area contributed by atoms with Crippen molar-refractivity contribution in [2.45, 2.75) is 18.9 Å². The van der Waals surface area contributed by atoms with E-state index in [-0.39, 0.29) is 35.6 Å². The van der Waals surface area contributed by atoms with Crippen LogP contribution in [0.15, 0.2) is 18.2 Å². The first kappa shape index (κ1) is 14.3. The molecule has 0 aromatic heterocycles. The van der Waals surface area contributed by atoms with Crippen molar-refractivity contribution in [2.75, 3.05) is 20.3 Å². The van der Waals surface area contributed by atoms with Crippen molar-refractivity contribution in [3.63, 3.8) is 0 Å². The minimum atomic E-state index is -0.580. The Morgan fingerprint density at radius 3 is 2.95 bits per heavy atom. The summed E-state index contributed by atoms with van der Waals surface area (Å²) in [5.74, 6) is -0.381. The molecular formula is C13H16N2O5. The van der Waals surface area contributed by atoms with Crippen molar-refractivity contribution in [3.8, 4) is 5.75 Å². The monoisotopic (exact) mass is 280 g/mol. The molecule has 0 unspecified atom stereocenters. The number of rotatable bonds is 4. The first-order valence-corrected chi connectivity index (χ1v) is 6.33. The summed E-state index contributed by atoms with van der Waals surface area (Å²) >= 11 is 0. The molecule has 0 bridgehead atoms. The van der Waals surface area contributed by atoms with Gasteiger partial charge >= 0.3 is 5.69 Å². The number of nitro groups is 1. The van der Waals surface area contributed by atoms with Gasteiger partial charge in [-0.1, -0.05) is 6.07 Å². The van der Waals surface area contributed by atoms with E-state index in [2.05, 4.69) is 0 Å². The summed E-state index contributed by atoms with van der Waals surface area (Å²) in [5.41, 5.74) is -0.0832. The Bertz CT molecular complexity index is 531. The van der Waals surface area contributed by atoms with Crippen LogP contribution in [-0.2, 0) is 0 Å². The zero-order chi connectivity index (χ0) is 14.7. The van der Waals surface area contributed by atoms with E-state index in [4.69, 9.17) is 4.74 Å². The van der Waals surface area contributed by atoms with Crippen LogP contribution in [0.5, 0.6) is 5.75 Å². The Morgan fingerprint density at radius 2 is 2.35 bits per heavy atom. The fourth-order valence-electron chi connectivity index (χ4n) is 2.50. The molecule has 1 N–H and O–H groups in total. The maximum Gasteiger partial charge on any atom is 0.311 e. The summed E-state index contributed by atoms with van der Waals surface area (Å²) < 4.78 is 5.04. The van der Waals surface area contributed by atoms with Crippen LogP contribution in [0.4, 0.5) is 5.69 Å². The molecule has 7 nitrogen and oxygen atoms in total. The number of nitro benzene ring substituents is 1. The van der Waals surface area contributed by atoms with E-state index < -0.39 is 4.92 Å². The van der Waals surface area contributed by atoms with Gasteiger partial charge in [-0.2, -0.15) is 0 Å². The summed E-state index contributed by atoms with van der Waals surface area (Å²) in [6, 6.07) is 4.02. The number of nitrogens with zero attached hydrogens (tertiary/aromatic N) is 2. The van der Waals surface area contributed by atoms with Crippen molar-refractivity contribution < 1.29 is 19.6 Å². The highest BCUT2D eigenvalue weighted by Gasteiger charge is 2.32. The number of carbonyl (C=O) groups is 1. The first-order valence-electron chi connectivity index (χ1n) is 6.33. The number of carbonyl (C=O) groups excluding carboxylic acids is 1. The number of likely N-dealkylation sites (tertiary alicyclic amines) is 1. The molecule has 1 aromatic carbocycles. The van der Waals surface area contributed by atoms with E-state index in [0.29, 0.717) is 6.54 Å². The number of hydrogen-bond donors (Lipinski definition) is 1. The molecule has 1 amide bonds. The third kappa shape index (κ3) is 2.44. The number of methoxy groups -OCH3 is 1. The van der Waals surface area contributed by atoms with Gasteiger partial charge in [-0.05, 0) is 18.9 Å². The van der Waals surface area contributed by atoms with E-state index in [0.717, 1.165) is 12.8 Å². The average Bonchev–Trinajstić information content (AvgIpc) is 2.93. The van der Waals surface area contributed by atoms with E-state index >= 15 is 0 Å². The number of ether oxygens (including phenoxy) is 1. The number of aliphatic hydroxyl groups is 1. The second kappa shape index (κ2) is 5.87. The van der Waals surface area contributed by atoms with Crippen molar-refractivity contribution in [1.29, 1.82) is 0 Å². The maximum absolute atomic E-state index is 12.5. The maximum atomic E-state index is 12.5. The van der Waals surface area contributed by atoms with Crippen LogP contribution in [0, 0.1) is 10.1 Å². The predicted molar refractivity (Wildman–Crippen MR) is 70.8 cm³/mol. The highest BCUT2D eigenvalue weighted by molar-refractivity contribution is 5.98. The normalized spacial score (nSPS) is 18.1. The third-order valence-corrected chi connectivity index (χ3v) is 3.47. The minimum absolute atomic E-state index is 0.0360. The summed E-state index contributed by atoms with van der Waals surface area (Å²) in [6.45, 7) is 0.429. The summed E-state index contributed by atoms with van der Waals surface area (Å²) in [6.07, 6.45) is 1.55. The van der Waals surface area contributed by atoms with Gasteiger partial charge in [0.25, 0.3) is 5.91 Å². The van der Waals surface area contributed by atoms with Crippen molar-refractivity contribution in [3.05, 3.63) is 33.9 Å². The third-order valence-electron chi connectivity index (χ3n) is 3.47. The molecule has 0 spiro atoms. The Morgan fingerprint density at radius 1 is 1.60 bits per heavy atom. The zero-order valence-electron chi connectivity index (χ0n) is 11.1. The first-order chi connectivity index (χ1) is 9.60. The molecule has 1 heterocycles. The molecule has 108 valence electrons. The van der Waals surface area contributed by atoms with E-state index in [9.17, 15) is 20.0 Å². The molecular weight excluding hydrogens is 264 g/mol. The highest BCUT2D eigenvalue weighted by Crippen LogP contribution is 2.32. The average molecular weight is 280 g/mol. The second-order valence-electron chi connectivity index (χ2n) is 4.59. The van der Waals surface area contributed by atoms with Gasteiger partial charge in [0.15, 0.2) is 0 Å². The van der Waals surface area contributed by atoms with Crippen molar-refractivity contribution >= 4 is 11.6 Å². The van der Waals surface area contributed by atoms with Crippen molar-refractivity contribution in [2.24, 2.45) is 0 Å². The Balaban J connectivity index is 2.39. The zero-order valence-corrected chi connectivity index (χ0v) is 11.1. The molecule has 0 saturated carbocycles. The Kier molecular flexibility index (Phi) is 4.19. The number of aliphatic hydroxyl groups excluding tert-OH is 1. The number of benzene rings is 1. The topological polar surface area (TPSA) is 92.9 Å². The van der Waals surface area contributed by atoms with Crippen LogP contribution in [0.25, 0.3) is 0 Å². The summed E-state index contributed by atoms with van der Waals surface area (Å²) in [7, 11) is 1.30. The van der Waals surface area contributed by atoms with Crippen molar-refractivity contribution in [1.82, 2.24) is 4.90 Å². The smallest absolute Gasteiger partial charge is 0.311 e. The largest absolute Gasteiger partial charge is 0.490 e. The lowest BCUT2D eigenvalue weighted by Crippen LogP contribution is -2.37. The Labute approximate surface area is 115 Å². The molecule has 7 heteroatoms. The lowest BCUT2D eigenvalue weighted by Gasteiger charge is -2.23. The van der Waals surface area contributed by atoms with Crippen LogP contribution in [-0.4, -0.2) is 47.1 Å². The van der Waals surface area contributed by atoms with Gasteiger partial charge in [0, 0.05) is 12.6 Å². The van der Waals surface area contributed by atoms with Gasteiger partial charge in [0.2, 0.25) is 5.75 Å². The fraction of sp³-hybridized carbons (Fsp3) is 0.462. The van der Waals surface area contributed by atoms with Gasteiger partial charge in [-0.15, -0.1) is 0 Å². The molecule has 1 aliphatic rings. The van der Waals surface area contributed by atoms with E-state index in [1.807, 2.05) is 0 Å². The second-order valence-corrected chi connectivity index (χ2v) is 4.59. The van der Waals surface area contributed by atoms with Crippen LogP contribution in [0.2, 0.25) is 0 Å². The van der Waals surface area contributed by atoms with E-state index in [1.54, 1.807) is 4.90 Å².